The van der Waals surface area contributed by atoms with Crippen molar-refractivity contribution in [1.29, 1.82) is 0 Å². The van der Waals surface area contributed by atoms with Gasteiger partial charge in [-0.25, -0.2) is 0 Å². The van der Waals surface area contributed by atoms with Crippen LogP contribution in [0.3, 0.4) is 0 Å². The van der Waals surface area contributed by atoms with Gasteiger partial charge in [0, 0.05) is 18.7 Å². The summed E-state index contributed by atoms with van der Waals surface area (Å²) < 4.78 is 5.37. The molecule has 3 N–H and O–H groups in total. The van der Waals surface area contributed by atoms with E-state index in [2.05, 4.69) is 5.32 Å². The molecule has 0 bridgehead atoms. The van der Waals surface area contributed by atoms with Gasteiger partial charge in [-0.3, -0.25) is 4.79 Å². The summed E-state index contributed by atoms with van der Waals surface area (Å²) in [4.78, 5) is 13.8. The Hall–Kier alpha value is -1.30. The monoisotopic (exact) mass is 285 g/mol. The molecule has 0 saturated heterocycles. The average Bonchev–Trinajstić information content (AvgIpc) is 2.36. The second kappa shape index (κ2) is 7.99. The number of benzene rings is 1. The lowest BCUT2D eigenvalue weighted by molar-refractivity contribution is 0.0900. The van der Waals surface area contributed by atoms with Gasteiger partial charge in [-0.1, -0.05) is 11.6 Å². The zero-order valence-corrected chi connectivity index (χ0v) is 12.0. The Morgan fingerprint density at radius 1 is 1.42 bits per heavy atom. The zero-order valence-electron chi connectivity index (χ0n) is 11.3. The Labute approximate surface area is 118 Å². The fourth-order valence-electron chi connectivity index (χ4n) is 1.36. The predicted molar refractivity (Wildman–Crippen MR) is 77.6 cm³/mol. The van der Waals surface area contributed by atoms with Crippen molar-refractivity contribution in [2.75, 3.05) is 46.1 Å². The summed E-state index contributed by atoms with van der Waals surface area (Å²) >= 11 is 5.86. The van der Waals surface area contributed by atoms with E-state index >= 15 is 0 Å². The number of nitrogens with zero attached hydrogens (tertiary/aromatic N) is 1. The maximum Gasteiger partial charge on any atom is 0.251 e. The summed E-state index contributed by atoms with van der Waals surface area (Å²) in [6.07, 6.45) is 0. The first-order valence-corrected chi connectivity index (χ1v) is 6.44. The Morgan fingerprint density at radius 2 is 2.16 bits per heavy atom. The first kappa shape index (κ1) is 15.8. The van der Waals surface area contributed by atoms with E-state index in [0.717, 1.165) is 6.54 Å². The van der Waals surface area contributed by atoms with Crippen LogP contribution >= 0.6 is 11.6 Å². The molecule has 5 nitrogen and oxygen atoms in total. The van der Waals surface area contributed by atoms with Crippen LogP contribution in [0.5, 0.6) is 0 Å². The van der Waals surface area contributed by atoms with Gasteiger partial charge in [-0.2, -0.15) is 0 Å². The third kappa shape index (κ3) is 5.92. The van der Waals surface area contributed by atoms with Gasteiger partial charge < -0.3 is 20.7 Å². The predicted octanol–water partition coefficient (Wildman–Crippen LogP) is 1.23. The van der Waals surface area contributed by atoms with Crippen molar-refractivity contribution >= 4 is 23.2 Å². The average molecular weight is 286 g/mol. The Kier molecular flexibility index (Phi) is 6.62. The highest BCUT2D eigenvalue weighted by atomic mass is 35.5. The summed E-state index contributed by atoms with van der Waals surface area (Å²) in [6, 6.07) is 4.81. The lowest BCUT2D eigenvalue weighted by Crippen LogP contribution is -2.28. The molecule has 0 aromatic heterocycles. The highest BCUT2D eigenvalue weighted by molar-refractivity contribution is 6.33. The fraction of sp³-hybridized carbons (Fsp3) is 0.462. The van der Waals surface area contributed by atoms with Gasteiger partial charge in [0.2, 0.25) is 0 Å². The molecule has 1 amide bonds. The lowest BCUT2D eigenvalue weighted by atomic mass is 10.2. The molecular formula is C13H20ClN3O2. The number of hydrogen-bond donors (Lipinski definition) is 2. The molecule has 1 aromatic rings. The minimum atomic E-state index is -0.182. The van der Waals surface area contributed by atoms with Gasteiger partial charge in [0.05, 0.1) is 23.9 Å². The van der Waals surface area contributed by atoms with Crippen LogP contribution in [-0.4, -0.2) is 51.2 Å². The molecule has 0 aliphatic carbocycles. The van der Waals surface area contributed by atoms with Crippen LogP contribution in [0.25, 0.3) is 0 Å². The van der Waals surface area contributed by atoms with Crippen molar-refractivity contribution in [1.82, 2.24) is 10.2 Å². The normalized spacial score (nSPS) is 10.7. The lowest BCUT2D eigenvalue weighted by Gasteiger charge is -2.10. The first-order valence-electron chi connectivity index (χ1n) is 6.06. The largest absolute Gasteiger partial charge is 0.398 e. The Balaban J connectivity index is 2.26. The van der Waals surface area contributed by atoms with E-state index in [-0.39, 0.29) is 5.91 Å². The molecule has 0 aliphatic rings. The van der Waals surface area contributed by atoms with E-state index in [4.69, 9.17) is 22.1 Å². The summed E-state index contributed by atoms with van der Waals surface area (Å²) in [7, 11) is 3.96. The molecule has 0 heterocycles. The van der Waals surface area contributed by atoms with E-state index in [1.807, 2.05) is 19.0 Å². The number of carbonyl (C=O) groups excluding carboxylic acids is 1. The molecule has 0 aliphatic heterocycles. The van der Waals surface area contributed by atoms with Crippen LogP contribution in [0, 0.1) is 0 Å². The Bertz CT molecular complexity index is 424. The van der Waals surface area contributed by atoms with Gasteiger partial charge in [0.25, 0.3) is 5.91 Å². The van der Waals surface area contributed by atoms with Gasteiger partial charge in [0.1, 0.15) is 0 Å². The number of nitrogen functional groups attached to an aromatic ring is 1. The maximum atomic E-state index is 11.8. The quantitative estimate of drug-likeness (QED) is 0.584. The van der Waals surface area contributed by atoms with Crippen LogP contribution < -0.4 is 11.1 Å². The molecule has 0 atom stereocenters. The van der Waals surface area contributed by atoms with Crippen molar-refractivity contribution in [3.63, 3.8) is 0 Å². The molecule has 19 heavy (non-hydrogen) atoms. The van der Waals surface area contributed by atoms with E-state index in [0.29, 0.717) is 36.0 Å². The summed E-state index contributed by atoms with van der Waals surface area (Å²) in [5.41, 5.74) is 6.54. The summed E-state index contributed by atoms with van der Waals surface area (Å²) in [5.74, 6) is -0.182. The number of halogens is 1. The van der Waals surface area contributed by atoms with E-state index < -0.39 is 0 Å². The number of ether oxygens (including phenoxy) is 1. The number of nitrogens with one attached hydrogen (secondary N) is 1. The number of carbonyl (C=O) groups is 1. The minimum Gasteiger partial charge on any atom is -0.398 e. The van der Waals surface area contributed by atoms with E-state index in [9.17, 15) is 4.79 Å². The maximum absolute atomic E-state index is 11.8. The Morgan fingerprint density at radius 3 is 2.79 bits per heavy atom. The van der Waals surface area contributed by atoms with Gasteiger partial charge >= 0.3 is 0 Å². The van der Waals surface area contributed by atoms with Gasteiger partial charge in [0.15, 0.2) is 0 Å². The summed E-state index contributed by atoms with van der Waals surface area (Å²) in [5, 5.41) is 3.14. The number of amides is 1. The molecule has 6 heteroatoms. The summed E-state index contributed by atoms with van der Waals surface area (Å²) in [6.45, 7) is 2.47. The first-order chi connectivity index (χ1) is 9.00. The van der Waals surface area contributed by atoms with Crippen molar-refractivity contribution in [2.45, 2.75) is 0 Å². The molecule has 0 unspecified atom stereocenters. The molecule has 106 valence electrons. The highest BCUT2D eigenvalue weighted by Crippen LogP contribution is 2.19. The standard InChI is InChI=1S/C13H20ClN3O2/c1-17(2)6-8-19-7-5-16-13(18)10-3-4-12(15)11(14)9-10/h3-4,9H,5-8,15H2,1-2H3,(H,16,18). The van der Waals surface area contributed by atoms with Crippen LogP contribution in [-0.2, 0) is 4.74 Å². The minimum absolute atomic E-state index is 0.182. The number of likely N-dealkylation sites (N-methyl/N-ethyl adjacent to an activating group) is 1. The van der Waals surface area contributed by atoms with Crippen LogP contribution in [0.15, 0.2) is 18.2 Å². The van der Waals surface area contributed by atoms with Crippen LogP contribution in [0.1, 0.15) is 10.4 Å². The van der Waals surface area contributed by atoms with Crippen molar-refractivity contribution in [2.24, 2.45) is 0 Å². The van der Waals surface area contributed by atoms with Gasteiger partial charge in [-0.15, -0.1) is 0 Å². The molecule has 1 aromatic carbocycles. The number of rotatable bonds is 7. The number of nitrogens with two attached hydrogens (primary N) is 1. The zero-order chi connectivity index (χ0) is 14.3. The third-order valence-electron chi connectivity index (χ3n) is 2.48. The van der Waals surface area contributed by atoms with Crippen LogP contribution in [0.4, 0.5) is 5.69 Å². The second-order valence-electron chi connectivity index (χ2n) is 4.41. The molecule has 0 radical (unpaired) electrons. The smallest absolute Gasteiger partial charge is 0.251 e. The number of anilines is 1. The topological polar surface area (TPSA) is 67.6 Å². The van der Waals surface area contributed by atoms with E-state index in [1.54, 1.807) is 18.2 Å². The van der Waals surface area contributed by atoms with Crippen molar-refractivity contribution in [3.05, 3.63) is 28.8 Å². The molecule has 0 fully saturated rings. The molecule has 0 spiro atoms. The third-order valence-corrected chi connectivity index (χ3v) is 2.80. The fourth-order valence-corrected chi connectivity index (χ4v) is 1.54. The van der Waals surface area contributed by atoms with E-state index in [1.165, 1.54) is 0 Å². The highest BCUT2D eigenvalue weighted by Gasteiger charge is 2.06. The SMILES string of the molecule is CN(C)CCOCCNC(=O)c1ccc(N)c(Cl)c1. The second-order valence-corrected chi connectivity index (χ2v) is 4.82. The molecule has 0 saturated carbocycles. The molecule has 1 rings (SSSR count). The number of hydrogen-bond acceptors (Lipinski definition) is 4. The van der Waals surface area contributed by atoms with Crippen molar-refractivity contribution in [3.8, 4) is 0 Å². The van der Waals surface area contributed by atoms with Crippen molar-refractivity contribution < 1.29 is 9.53 Å². The molecular weight excluding hydrogens is 266 g/mol. The van der Waals surface area contributed by atoms with Gasteiger partial charge in [-0.05, 0) is 32.3 Å². The van der Waals surface area contributed by atoms with Crippen LogP contribution in [0.2, 0.25) is 5.02 Å².